The minimum atomic E-state index is -0.620. The summed E-state index contributed by atoms with van der Waals surface area (Å²) in [7, 11) is 0. The second-order valence-corrected chi connectivity index (χ2v) is 7.64. The first-order valence-electron chi connectivity index (χ1n) is 9.36. The Morgan fingerprint density at radius 3 is 2.46 bits per heavy atom. The molecule has 0 N–H and O–H groups in total. The maximum atomic E-state index is 13.1. The number of nitrogens with zero attached hydrogens (tertiary/aromatic N) is 2. The van der Waals surface area contributed by atoms with Crippen molar-refractivity contribution in [1.29, 1.82) is 0 Å². The van der Waals surface area contributed by atoms with Gasteiger partial charge in [-0.15, -0.1) is 0 Å². The zero-order valence-corrected chi connectivity index (χ0v) is 15.1. The Bertz CT molecular complexity index is 737. The lowest BCUT2D eigenvalue weighted by Gasteiger charge is -2.37. The summed E-state index contributed by atoms with van der Waals surface area (Å²) in [5.41, 5.74) is 1.38. The fraction of sp³-hybridized carbons (Fsp3) is 0.550. The van der Waals surface area contributed by atoms with Gasteiger partial charge in [0.15, 0.2) is 0 Å². The lowest BCUT2D eigenvalue weighted by Crippen LogP contribution is -2.55. The zero-order chi connectivity index (χ0) is 18.3. The molecule has 0 radical (unpaired) electrons. The van der Waals surface area contributed by atoms with Gasteiger partial charge < -0.3 is 14.5 Å². The molecule has 1 atom stereocenters. The van der Waals surface area contributed by atoms with Crippen LogP contribution in [0.25, 0.3) is 0 Å². The van der Waals surface area contributed by atoms with Crippen molar-refractivity contribution in [2.45, 2.75) is 44.6 Å². The van der Waals surface area contributed by atoms with Crippen molar-refractivity contribution < 1.29 is 19.1 Å². The van der Waals surface area contributed by atoms with E-state index < -0.39 is 11.5 Å². The van der Waals surface area contributed by atoms with E-state index in [1.807, 2.05) is 31.2 Å². The number of hydrogen-bond acceptors (Lipinski definition) is 4. The van der Waals surface area contributed by atoms with E-state index >= 15 is 0 Å². The molecule has 0 aromatic heterocycles. The SMILES string of the molecule is Cc1ccc(N2CCN(C(=O)C3CC(=O)OC34CCCC4)CC2=O)cc1. The van der Waals surface area contributed by atoms with E-state index in [2.05, 4.69) is 0 Å². The molecule has 1 aromatic rings. The van der Waals surface area contributed by atoms with E-state index in [4.69, 9.17) is 4.74 Å². The van der Waals surface area contributed by atoms with Crippen molar-refractivity contribution in [3.63, 3.8) is 0 Å². The van der Waals surface area contributed by atoms with Gasteiger partial charge in [0.1, 0.15) is 12.1 Å². The minimum absolute atomic E-state index is 0.0630. The Morgan fingerprint density at radius 2 is 1.81 bits per heavy atom. The molecule has 1 aliphatic carbocycles. The number of hydrogen-bond donors (Lipinski definition) is 0. The third-order valence-corrected chi connectivity index (χ3v) is 5.95. The van der Waals surface area contributed by atoms with Crippen molar-refractivity contribution in [2.75, 3.05) is 24.5 Å². The van der Waals surface area contributed by atoms with Crippen molar-refractivity contribution in [3.8, 4) is 0 Å². The van der Waals surface area contributed by atoms with Crippen LogP contribution >= 0.6 is 0 Å². The van der Waals surface area contributed by atoms with E-state index in [9.17, 15) is 14.4 Å². The number of rotatable bonds is 2. The first-order valence-corrected chi connectivity index (χ1v) is 9.36. The van der Waals surface area contributed by atoms with Crippen LogP contribution in [-0.4, -0.2) is 47.9 Å². The molecule has 2 amide bonds. The van der Waals surface area contributed by atoms with E-state index in [-0.39, 0.29) is 30.7 Å². The van der Waals surface area contributed by atoms with Crippen LogP contribution < -0.4 is 4.90 Å². The smallest absolute Gasteiger partial charge is 0.307 e. The molecule has 3 aliphatic rings. The zero-order valence-electron chi connectivity index (χ0n) is 15.1. The van der Waals surface area contributed by atoms with Gasteiger partial charge >= 0.3 is 5.97 Å². The van der Waals surface area contributed by atoms with Crippen LogP contribution in [0.4, 0.5) is 5.69 Å². The lowest BCUT2D eigenvalue weighted by atomic mass is 9.84. The Morgan fingerprint density at radius 1 is 1.12 bits per heavy atom. The van der Waals surface area contributed by atoms with Gasteiger partial charge in [-0.3, -0.25) is 14.4 Å². The second kappa shape index (κ2) is 6.41. The predicted octanol–water partition coefficient (Wildman–Crippen LogP) is 2.05. The summed E-state index contributed by atoms with van der Waals surface area (Å²) in [6, 6.07) is 7.82. The van der Waals surface area contributed by atoms with Crippen molar-refractivity contribution in [1.82, 2.24) is 4.90 Å². The highest BCUT2D eigenvalue weighted by Gasteiger charge is 2.55. The standard InChI is InChI=1S/C20H24N2O4/c1-14-4-6-15(7-5-14)22-11-10-21(13-17(22)23)19(25)16-12-18(24)26-20(16)8-2-3-9-20/h4-7,16H,2-3,8-13H2,1H3. The number of aryl methyl sites for hydroxylation is 1. The van der Waals surface area contributed by atoms with Gasteiger partial charge in [-0.25, -0.2) is 0 Å². The number of carbonyl (C=O) groups excluding carboxylic acids is 3. The molecule has 138 valence electrons. The number of ether oxygens (including phenoxy) is 1. The largest absolute Gasteiger partial charge is 0.458 e. The maximum Gasteiger partial charge on any atom is 0.307 e. The molecular formula is C20H24N2O4. The number of carbonyl (C=O) groups is 3. The monoisotopic (exact) mass is 356 g/mol. The highest BCUT2D eigenvalue weighted by molar-refractivity contribution is 5.99. The lowest BCUT2D eigenvalue weighted by molar-refractivity contribution is -0.152. The van der Waals surface area contributed by atoms with Crippen molar-refractivity contribution in [3.05, 3.63) is 29.8 Å². The molecule has 4 rings (SSSR count). The summed E-state index contributed by atoms with van der Waals surface area (Å²) in [5.74, 6) is -0.903. The normalized spacial score (nSPS) is 25.0. The Kier molecular flexibility index (Phi) is 4.21. The molecule has 2 aliphatic heterocycles. The van der Waals surface area contributed by atoms with Crippen LogP contribution in [0.3, 0.4) is 0 Å². The third-order valence-electron chi connectivity index (χ3n) is 5.95. The first-order chi connectivity index (χ1) is 12.5. The molecule has 2 heterocycles. The topological polar surface area (TPSA) is 66.9 Å². The molecule has 2 saturated heterocycles. The molecule has 0 bridgehead atoms. The number of benzene rings is 1. The van der Waals surface area contributed by atoms with Gasteiger partial charge in [0.05, 0.1) is 12.3 Å². The Labute approximate surface area is 153 Å². The average molecular weight is 356 g/mol. The molecule has 1 aromatic carbocycles. The van der Waals surface area contributed by atoms with Gasteiger partial charge in [-0.2, -0.15) is 0 Å². The molecule has 6 nitrogen and oxygen atoms in total. The fourth-order valence-electron chi connectivity index (χ4n) is 4.51. The summed E-state index contributed by atoms with van der Waals surface area (Å²) >= 11 is 0. The molecule has 1 spiro atoms. The fourth-order valence-corrected chi connectivity index (χ4v) is 4.51. The van der Waals surface area contributed by atoms with Gasteiger partial charge in [-0.05, 0) is 44.7 Å². The summed E-state index contributed by atoms with van der Waals surface area (Å²) in [5, 5.41) is 0. The van der Waals surface area contributed by atoms with E-state index in [1.54, 1.807) is 9.80 Å². The molecule has 1 unspecified atom stereocenters. The van der Waals surface area contributed by atoms with Crippen LogP contribution in [0, 0.1) is 12.8 Å². The minimum Gasteiger partial charge on any atom is -0.458 e. The predicted molar refractivity (Wildman–Crippen MR) is 95.5 cm³/mol. The van der Waals surface area contributed by atoms with Crippen LogP contribution in [0.2, 0.25) is 0 Å². The summed E-state index contributed by atoms with van der Waals surface area (Å²) in [6.45, 7) is 3.03. The quantitative estimate of drug-likeness (QED) is 0.761. The Hall–Kier alpha value is -2.37. The number of amides is 2. The van der Waals surface area contributed by atoms with Gasteiger partial charge in [0.2, 0.25) is 11.8 Å². The highest BCUT2D eigenvalue weighted by Crippen LogP contribution is 2.46. The van der Waals surface area contributed by atoms with Crippen LogP contribution in [0.15, 0.2) is 24.3 Å². The molecular weight excluding hydrogens is 332 g/mol. The maximum absolute atomic E-state index is 13.1. The molecule has 26 heavy (non-hydrogen) atoms. The number of esters is 1. The number of anilines is 1. The number of piperazine rings is 1. The third kappa shape index (κ3) is 2.87. The summed E-state index contributed by atoms with van der Waals surface area (Å²) in [6.07, 6.45) is 3.62. The average Bonchev–Trinajstić information content (AvgIpc) is 3.22. The highest BCUT2D eigenvalue weighted by atomic mass is 16.6. The summed E-state index contributed by atoms with van der Waals surface area (Å²) in [4.78, 5) is 40.9. The van der Waals surface area contributed by atoms with Gasteiger partial charge in [-0.1, -0.05) is 17.7 Å². The van der Waals surface area contributed by atoms with Crippen LogP contribution in [0.1, 0.15) is 37.7 Å². The second-order valence-electron chi connectivity index (χ2n) is 7.64. The molecule has 3 fully saturated rings. The molecule has 6 heteroatoms. The van der Waals surface area contributed by atoms with Crippen LogP contribution in [-0.2, 0) is 19.1 Å². The van der Waals surface area contributed by atoms with E-state index in [0.717, 1.165) is 36.9 Å². The molecule has 1 saturated carbocycles. The van der Waals surface area contributed by atoms with E-state index in [0.29, 0.717) is 13.1 Å². The Balaban J connectivity index is 1.46. The van der Waals surface area contributed by atoms with Crippen molar-refractivity contribution >= 4 is 23.5 Å². The van der Waals surface area contributed by atoms with Gasteiger partial charge in [0.25, 0.3) is 0 Å². The van der Waals surface area contributed by atoms with Gasteiger partial charge in [0, 0.05) is 18.8 Å². The van der Waals surface area contributed by atoms with E-state index in [1.165, 1.54) is 0 Å². The van der Waals surface area contributed by atoms with Crippen molar-refractivity contribution in [2.24, 2.45) is 5.92 Å². The first kappa shape index (κ1) is 17.1. The van der Waals surface area contributed by atoms with Crippen LogP contribution in [0.5, 0.6) is 0 Å². The summed E-state index contributed by atoms with van der Waals surface area (Å²) < 4.78 is 5.58.